The highest BCUT2D eigenvalue weighted by atomic mass is 16.5. The molecule has 3 amide bonds. The summed E-state index contributed by atoms with van der Waals surface area (Å²) in [6.45, 7) is 6.96. The molecule has 0 unspecified atom stereocenters. The number of imide groups is 1. The van der Waals surface area contributed by atoms with Crippen LogP contribution >= 0.6 is 0 Å². The molecule has 0 aliphatic heterocycles. The van der Waals surface area contributed by atoms with Crippen molar-refractivity contribution in [2.45, 2.75) is 40.2 Å². The van der Waals surface area contributed by atoms with E-state index in [1.165, 1.54) is 6.26 Å². The number of aryl methyl sites for hydroxylation is 2. The lowest BCUT2D eigenvalue weighted by molar-refractivity contribution is -0.147. The first-order chi connectivity index (χ1) is 11.8. The highest BCUT2D eigenvalue weighted by Gasteiger charge is 2.15. The second-order valence-corrected chi connectivity index (χ2v) is 6.16. The Morgan fingerprint density at radius 2 is 1.92 bits per heavy atom. The van der Waals surface area contributed by atoms with Crippen molar-refractivity contribution in [1.29, 1.82) is 0 Å². The van der Waals surface area contributed by atoms with Crippen LogP contribution in [0, 0.1) is 13.8 Å². The molecule has 1 aromatic carbocycles. The van der Waals surface area contributed by atoms with E-state index in [1.807, 2.05) is 26.0 Å². The van der Waals surface area contributed by atoms with Crippen molar-refractivity contribution < 1.29 is 23.5 Å². The Kier molecular flexibility index (Phi) is 5.80. The normalized spacial score (nSPS) is 10.8. The van der Waals surface area contributed by atoms with Crippen molar-refractivity contribution in [2.75, 3.05) is 6.61 Å². The van der Waals surface area contributed by atoms with E-state index in [4.69, 9.17) is 9.15 Å². The van der Waals surface area contributed by atoms with Gasteiger partial charge in [0.15, 0.2) is 6.61 Å². The number of rotatable bonds is 5. The predicted molar refractivity (Wildman–Crippen MR) is 92.2 cm³/mol. The molecule has 2 aromatic rings. The van der Waals surface area contributed by atoms with Gasteiger partial charge in [-0.15, -0.1) is 0 Å². The molecule has 1 aromatic heterocycles. The van der Waals surface area contributed by atoms with Crippen LogP contribution in [0.4, 0.5) is 4.79 Å². The van der Waals surface area contributed by atoms with Crippen LogP contribution in [0.3, 0.4) is 0 Å². The zero-order valence-electron chi connectivity index (χ0n) is 14.8. The maximum absolute atomic E-state index is 11.9. The second-order valence-electron chi connectivity index (χ2n) is 6.16. The lowest BCUT2D eigenvalue weighted by Crippen LogP contribution is -2.44. The molecule has 2 rings (SSSR count). The molecule has 2 N–H and O–H groups in total. The number of furan rings is 1. The number of hydrogen-bond donors (Lipinski definition) is 2. The predicted octanol–water partition coefficient (Wildman–Crippen LogP) is 2.37. The number of hydrogen-bond acceptors (Lipinski definition) is 5. The maximum Gasteiger partial charge on any atom is 0.321 e. The Labute approximate surface area is 145 Å². The lowest BCUT2D eigenvalue weighted by atomic mass is 10.0. The van der Waals surface area contributed by atoms with Gasteiger partial charge in [-0.05, 0) is 38.8 Å². The average molecular weight is 346 g/mol. The maximum atomic E-state index is 11.9. The molecule has 134 valence electrons. The minimum Gasteiger partial charge on any atom is -0.464 e. The van der Waals surface area contributed by atoms with Gasteiger partial charge in [-0.2, -0.15) is 0 Å². The molecule has 0 spiro atoms. The Balaban J connectivity index is 1.90. The molecule has 7 heteroatoms. The summed E-state index contributed by atoms with van der Waals surface area (Å²) < 4.78 is 10.4. The van der Waals surface area contributed by atoms with Gasteiger partial charge in [0.2, 0.25) is 0 Å². The quantitative estimate of drug-likeness (QED) is 0.810. The summed E-state index contributed by atoms with van der Waals surface area (Å²) in [7, 11) is 0. The third-order valence-corrected chi connectivity index (χ3v) is 3.71. The molecule has 0 saturated heterocycles. The molecule has 0 radical (unpaired) electrons. The van der Waals surface area contributed by atoms with E-state index >= 15 is 0 Å². The number of ether oxygens (including phenoxy) is 1. The van der Waals surface area contributed by atoms with Gasteiger partial charge in [-0.25, -0.2) is 4.79 Å². The first-order valence-electron chi connectivity index (χ1n) is 8.00. The van der Waals surface area contributed by atoms with Crippen LogP contribution in [0.25, 0.3) is 11.0 Å². The molecule has 0 bridgehead atoms. The summed E-state index contributed by atoms with van der Waals surface area (Å²) in [6.07, 6.45) is 1.51. The van der Waals surface area contributed by atoms with E-state index in [-0.39, 0.29) is 12.5 Å². The fourth-order valence-electron chi connectivity index (χ4n) is 2.34. The van der Waals surface area contributed by atoms with Gasteiger partial charge < -0.3 is 14.5 Å². The number of nitrogens with one attached hydrogen (secondary N) is 2. The molecular formula is C18H22N2O5. The smallest absolute Gasteiger partial charge is 0.321 e. The third kappa shape index (κ3) is 4.82. The van der Waals surface area contributed by atoms with Crippen LogP contribution in [0.2, 0.25) is 0 Å². The fourth-order valence-corrected chi connectivity index (χ4v) is 2.34. The molecular weight excluding hydrogens is 324 g/mol. The van der Waals surface area contributed by atoms with Gasteiger partial charge in [0.1, 0.15) is 5.58 Å². The van der Waals surface area contributed by atoms with Gasteiger partial charge in [0, 0.05) is 17.0 Å². The number of carbonyl (C=O) groups excluding carboxylic acids is 3. The largest absolute Gasteiger partial charge is 0.464 e. The number of urea groups is 1. The fraction of sp³-hybridized carbons (Fsp3) is 0.389. The van der Waals surface area contributed by atoms with Crippen molar-refractivity contribution in [3.8, 4) is 0 Å². The topological polar surface area (TPSA) is 97.6 Å². The molecule has 25 heavy (non-hydrogen) atoms. The lowest BCUT2D eigenvalue weighted by Gasteiger charge is -2.09. The number of fused-ring (bicyclic) bond motifs is 1. The Morgan fingerprint density at radius 3 is 2.60 bits per heavy atom. The highest BCUT2D eigenvalue weighted by molar-refractivity contribution is 5.96. The standard InChI is InChI=1S/C18H22N2O5/c1-10(2)19-18(23)20-15(21)9-24-16(22)7-13-8-25-17-12(4)11(3)5-6-14(13)17/h5-6,8,10H,7,9H2,1-4H3,(H2,19,20,21,23). The number of carbonyl (C=O) groups is 3. The second kappa shape index (κ2) is 7.83. The average Bonchev–Trinajstić information content (AvgIpc) is 2.91. The number of benzene rings is 1. The van der Waals surface area contributed by atoms with Gasteiger partial charge >= 0.3 is 12.0 Å². The van der Waals surface area contributed by atoms with Gasteiger partial charge in [-0.1, -0.05) is 12.1 Å². The van der Waals surface area contributed by atoms with Gasteiger partial charge in [0.05, 0.1) is 12.7 Å². The van der Waals surface area contributed by atoms with Gasteiger partial charge in [0.25, 0.3) is 5.91 Å². The van der Waals surface area contributed by atoms with Crippen molar-refractivity contribution >= 4 is 28.9 Å². The van der Waals surface area contributed by atoms with Crippen LogP contribution in [-0.4, -0.2) is 30.6 Å². The zero-order chi connectivity index (χ0) is 18.6. The van der Waals surface area contributed by atoms with Crippen molar-refractivity contribution in [1.82, 2.24) is 10.6 Å². The van der Waals surface area contributed by atoms with Crippen molar-refractivity contribution in [3.63, 3.8) is 0 Å². The summed E-state index contributed by atoms with van der Waals surface area (Å²) in [5.41, 5.74) is 3.56. The molecule has 0 atom stereocenters. The molecule has 1 heterocycles. The monoisotopic (exact) mass is 346 g/mol. The van der Waals surface area contributed by atoms with Crippen LogP contribution in [-0.2, 0) is 20.7 Å². The van der Waals surface area contributed by atoms with E-state index < -0.39 is 24.5 Å². The SMILES string of the molecule is Cc1ccc2c(CC(=O)OCC(=O)NC(=O)NC(C)C)coc2c1C. The van der Waals surface area contributed by atoms with Gasteiger partial charge in [-0.3, -0.25) is 14.9 Å². The highest BCUT2D eigenvalue weighted by Crippen LogP contribution is 2.26. The summed E-state index contributed by atoms with van der Waals surface area (Å²) in [6, 6.07) is 3.13. The summed E-state index contributed by atoms with van der Waals surface area (Å²) in [5.74, 6) is -1.25. The van der Waals surface area contributed by atoms with Crippen LogP contribution in [0.15, 0.2) is 22.8 Å². The van der Waals surface area contributed by atoms with Crippen LogP contribution in [0.5, 0.6) is 0 Å². The van der Waals surface area contributed by atoms with E-state index in [0.717, 1.165) is 22.1 Å². The first kappa shape index (κ1) is 18.5. The first-order valence-corrected chi connectivity index (χ1v) is 8.00. The van der Waals surface area contributed by atoms with Crippen LogP contribution in [0.1, 0.15) is 30.5 Å². The molecule has 7 nitrogen and oxygen atoms in total. The number of amides is 3. The summed E-state index contributed by atoms with van der Waals surface area (Å²) in [5, 5.41) is 5.44. The van der Waals surface area contributed by atoms with E-state index in [1.54, 1.807) is 13.8 Å². The third-order valence-electron chi connectivity index (χ3n) is 3.71. The Morgan fingerprint density at radius 1 is 1.20 bits per heavy atom. The number of esters is 1. The minimum atomic E-state index is -0.685. The molecule has 0 aliphatic rings. The molecule has 0 saturated carbocycles. The van der Waals surface area contributed by atoms with Crippen molar-refractivity contribution in [3.05, 3.63) is 35.1 Å². The van der Waals surface area contributed by atoms with Crippen LogP contribution < -0.4 is 10.6 Å². The van der Waals surface area contributed by atoms with E-state index in [9.17, 15) is 14.4 Å². The Bertz CT molecular complexity index is 807. The Hall–Kier alpha value is -2.83. The van der Waals surface area contributed by atoms with E-state index in [0.29, 0.717) is 5.56 Å². The molecule has 0 aliphatic carbocycles. The summed E-state index contributed by atoms with van der Waals surface area (Å²) in [4.78, 5) is 34.9. The van der Waals surface area contributed by atoms with Crippen molar-refractivity contribution in [2.24, 2.45) is 0 Å². The summed E-state index contributed by atoms with van der Waals surface area (Å²) >= 11 is 0. The minimum absolute atomic E-state index is 0.0129. The zero-order valence-corrected chi connectivity index (χ0v) is 14.8. The van der Waals surface area contributed by atoms with E-state index in [2.05, 4.69) is 10.6 Å². The molecule has 0 fully saturated rings.